The lowest BCUT2D eigenvalue weighted by Crippen LogP contribution is -2.41. The highest BCUT2D eigenvalue weighted by Crippen LogP contribution is 2.23. The van der Waals surface area contributed by atoms with Crippen molar-refractivity contribution in [2.24, 2.45) is 0 Å². The lowest BCUT2D eigenvalue weighted by molar-refractivity contribution is -0.134. The normalized spacial score (nSPS) is 13.9. The summed E-state index contributed by atoms with van der Waals surface area (Å²) < 4.78 is 10.2. The van der Waals surface area contributed by atoms with Crippen molar-refractivity contribution in [2.45, 2.75) is 6.42 Å². The van der Waals surface area contributed by atoms with Gasteiger partial charge in [-0.25, -0.2) is 4.79 Å². The number of hydrogen-bond acceptors (Lipinski definition) is 8. The molecule has 2 aromatic rings. The number of aromatic hydroxyl groups is 2. The molecule has 28 heavy (non-hydrogen) atoms. The Morgan fingerprint density at radius 3 is 2.57 bits per heavy atom. The van der Waals surface area contributed by atoms with Crippen molar-refractivity contribution in [2.75, 3.05) is 32.9 Å². The van der Waals surface area contributed by atoms with E-state index < -0.39 is 24.1 Å². The fourth-order valence-corrected chi connectivity index (χ4v) is 3.59. The van der Waals surface area contributed by atoms with Gasteiger partial charge in [0.25, 0.3) is 0 Å². The first kappa shape index (κ1) is 19.8. The zero-order valence-corrected chi connectivity index (χ0v) is 15.7. The van der Waals surface area contributed by atoms with Crippen molar-refractivity contribution < 1.29 is 34.1 Å². The minimum absolute atomic E-state index is 0.0154. The summed E-state index contributed by atoms with van der Waals surface area (Å²) in [7, 11) is 0. The number of thiophene rings is 1. The Morgan fingerprint density at radius 2 is 1.86 bits per heavy atom. The van der Waals surface area contributed by atoms with Crippen LogP contribution < -0.4 is 0 Å². The first-order valence-electron chi connectivity index (χ1n) is 8.60. The van der Waals surface area contributed by atoms with Gasteiger partial charge >= 0.3 is 5.97 Å². The zero-order chi connectivity index (χ0) is 20.1. The van der Waals surface area contributed by atoms with Crippen LogP contribution in [0.15, 0.2) is 30.3 Å². The summed E-state index contributed by atoms with van der Waals surface area (Å²) in [4.78, 5) is 39.3. The average Bonchev–Trinajstić information content (AvgIpc) is 3.15. The molecule has 3 rings (SSSR count). The molecule has 1 aromatic carbocycles. The van der Waals surface area contributed by atoms with E-state index in [1.165, 1.54) is 23.5 Å². The lowest BCUT2D eigenvalue weighted by atomic mass is 10.2. The molecule has 2 heterocycles. The molecule has 1 aromatic heterocycles. The second kappa shape index (κ2) is 8.85. The number of carbonyl (C=O) groups is 3. The monoisotopic (exact) mass is 405 g/mol. The summed E-state index contributed by atoms with van der Waals surface area (Å²) in [6, 6.07) is 6.76. The highest BCUT2D eigenvalue weighted by Gasteiger charge is 2.20. The predicted molar refractivity (Wildman–Crippen MR) is 99.8 cm³/mol. The van der Waals surface area contributed by atoms with E-state index in [4.69, 9.17) is 9.47 Å². The standard InChI is InChI=1S/C19H19NO7S/c21-12-1-3-14(15(22)9-12)19(25)27-11-16(23)17-4-2-13(28-17)10-18(24)20-5-7-26-8-6-20/h1-4,9,21-22H,5-8,10-11H2. The number of morpholine rings is 1. The predicted octanol–water partition coefficient (Wildman–Crippen LogP) is 1.60. The smallest absolute Gasteiger partial charge is 0.342 e. The van der Waals surface area contributed by atoms with Crippen molar-refractivity contribution in [1.29, 1.82) is 0 Å². The number of benzene rings is 1. The number of amides is 1. The molecule has 0 atom stereocenters. The Morgan fingerprint density at radius 1 is 1.11 bits per heavy atom. The van der Waals surface area contributed by atoms with Crippen molar-refractivity contribution in [3.63, 3.8) is 0 Å². The maximum atomic E-state index is 12.3. The van der Waals surface area contributed by atoms with Crippen LogP contribution in [0, 0.1) is 0 Å². The van der Waals surface area contributed by atoms with Crippen LogP contribution in [0.4, 0.5) is 0 Å². The highest BCUT2D eigenvalue weighted by atomic mass is 32.1. The number of ketones is 1. The molecule has 0 aliphatic carbocycles. The fourth-order valence-electron chi connectivity index (χ4n) is 2.67. The molecule has 1 fully saturated rings. The van der Waals surface area contributed by atoms with Gasteiger partial charge < -0.3 is 24.6 Å². The van der Waals surface area contributed by atoms with Gasteiger partial charge in [0.2, 0.25) is 11.7 Å². The Hall–Kier alpha value is -2.91. The van der Waals surface area contributed by atoms with Crippen LogP contribution in [0.2, 0.25) is 0 Å². The third kappa shape index (κ3) is 4.87. The number of Topliss-reactive ketones (excluding diaryl/α,β-unsaturated/α-hetero) is 1. The number of esters is 1. The van der Waals surface area contributed by atoms with Crippen LogP contribution in [0.25, 0.3) is 0 Å². The van der Waals surface area contributed by atoms with Crippen LogP contribution >= 0.6 is 11.3 Å². The van der Waals surface area contributed by atoms with Gasteiger partial charge in [-0.2, -0.15) is 0 Å². The third-order valence-electron chi connectivity index (χ3n) is 4.16. The number of carbonyl (C=O) groups excluding carboxylic acids is 3. The van der Waals surface area contributed by atoms with Gasteiger partial charge in [0, 0.05) is 24.0 Å². The van der Waals surface area contributed by atoms with Gasteiger partial charge in [-0.1, -0.05) is 0 Å². The molecule has 0 radical (unpaired) electrons. The molecule has 0 saturated carbocycles. The van der Waals surface area contributed by atoms with Gasteiger partial charge in [-0.15, -0.1) is 11.3 Å². The summed E-state index contributed by atoms with van der Waals surface area (Å²) in [6.45, 7) is 1.70. The minimum Gasteiger partial charge on any atom is -0.508 e. The van der Waals surface area contributed by atoms with E-state index in [-0.39, 0.29) is 23.6 Å². The van der Waals surface area contributed by atoms with Gasteiger partial charge in [0.1, 0.15) is 17.1 Å². The number of ether oxygens (including phenoxy) is 2. The molecule has 1 saturated heterocycles. The second-order valence-electron chi connectivity index (χ2n) is 6.14. The maximum Gasteiger partial charge on any atom is 0.342 e. The van der Waals surface area contributed by atoms with Crippen molar-refractivity contribution in [3.8, 4) is 11.5 Å². The van der Waals surface area contributed by atoms with E-state index in [1.54, 1.807) is 17.0 Å². The molecule has 1 aliphatic heterocycles. The molecule has 0 spiro atoms. The van der Waals surface area contributed by atoms with Crippen LogP contribution in [0.3, 0.4) is 0 Å². The highest BCUT2D eigenvalue weighted by molar-refractivity contribution is 7.14. The quantitative estimate of drug-likeness (QED) is 0.554. The molecule has 0 unspecified atom stereocenters. The summed E-state index contributed by atoms with van der Waals surface area (Å²) in [6.07, 6.45) is 0.207. The molecular formula is C19H19NO7S. The average molecular weight is 405 g/mol. The van der Waals surface area contributed by atoms with E-state index in [9.17, 15) is 24.6 Å². The lowest BCUT2D eigenvalue weighted by Gasteiger charge is -2.26. The van der Waals surface area contributed by atoms with E-state index in [2.05, 4.69) is 0 Å². The molecule has 1 aliphatic rings. The number of nitrogens with zero attached hydrogens (tertiary/aromatic N) is 1. The zero-order valence-electron chi connectivity index (χ0n) is 14.9. The van der Waals surface area contributed by atoms with Crippen LogP contribution in [0.5, 0.6) is 11.5 Å². The Kier molecular flexibility index (Phi) is 6.27. The van der Waals surface area contributed by atoms with Crippen LogP contribution in [-0.2, 0) is 20.7 Å². The Balaban J connectivity index is 1.53. The first-order chi connectivity index (χ1) is 13.4. The Labute approximate surface area is 164 Å². The minimum atomic E-state index is -0.870. The molecule has 8 nitrogen and oxygen atoms in total. The largest absolute Gasteiger partial charge is 0.508 e. The number of phenolic OH excluding ortho intramolecular Hbond substituents is 2. The van der Waals surface area contributed by atoms with E-state index >= 15 is 0 Å². The summed E-state index contributed by atoms with van der Waals surface area (Å²) >= 11 is 1.18. The van der Waals surface area contributed by atoms with Crippen LogP contribution in [-0.4, -0.2) is 65.7 Å². The van der Waals surface area contributed by atoms with Crippen molar-refractivity contribution in [3.05, 3.63) is 45.6 Å². The molecule has 9 heteroatoms. The molecule has 0 bridgehead atoms. The summed E-state index contributed by atoms with van der Waals surface area (Å²) in [5.74, 6) is -1.91. The summed E-state index contributed by atoms with van der Waals surface area (Å²) in [5.41, 5.74) is -0.145. The SMILES string of the molecule is O=C(COC(=O)c1ccc(O)cc1O)c1ccc(CC(=O)N2CCOCC2)s1. The number of rotatable bonds is 6. The Bertz CT molecular complexity index is 886. The summed E-state index contributed by atoms with van der Waals surface area (Å²) in [5, 5.41) is 18.9. The second-order valence-corrected chi connectivity index (χ2v) is 7.30. The van der Waals surface area contributed by atoms with E-state index in [0.717, 1.165) is 10.9 Å². The van der Waals surface area contributed by atoms with Gasteiger partial charge in [0.15, 0.2) is 6.61 Å². The molecule has 2 N–H and O–H groups in total. The first-order valence-corrected chi connectivity index (χ1v) is 9.42. The topological polar surface area (TPSA) is 113 Å². The third-order valence-corrected chi connectivity index (χ3v) is 5.29. The molecule has 148 valence electrons. The number of hydrogen-bond donors (Lipinski definition) is 2. The van der Waals surface area contributed by atoms with Crippen LogP contribution in [0.1, 0.15) is 24.9 Å². The van der Waals surface area contributed by atoms with Gasteiger partial charge in [-0.3, -0.25) is 9.59 Å². The molecular weight excluding hydrogens is 386 g/mol. The van der Waals surface area contributed by atoms with Gasteiger partial charge in [0.05, 0.1) is 24.5 Å². The fraction of sp³-hybridized carbons (Fsp3) is 0.316. The van der Waals surface area contributed by atoms with Crippen molar-refractivity contribution in [1.82, 2.24) is 4.90 Å². The van der Waals surface area contributed by atoms with Crippen molar-refractivity contribution >= 4 is 29.0 Å². The maximum absolute atomic E-state index is 12.3. The molecule has 1 amide bonds. The van der Waals surface area contributed by atoms with Gasteiger partial charge in [-0.05, 0) is 24.3 Å². The van der Waals surface area contributed by atoms with E-state index in [1.807, 2.05) is 0 Å². The van der Waals surface area contributed by atoms with E-state index in [0.29, 0.717) is 31.2 Å². The number of phenols is 2.